The average Bonchev–Trinajstić information content (AvgIpc) is 3.10. The Kier molecular flexibility index (Phi) is 6.37. The molecule has 0 fully saturated rings. The molecule has 148 valence electrons. The van der Waals surface area contributed by atoms with E-state index in [4.69, 9.17) is 16.9 Å². The highest BCUT2D eigenvalue weighted by Gasteiger charge is 2.37. The lowest BCUT2D eigenvalue weighted by molar-refractivity contribution is 0.0745. The van der Waals surface area contributed by atoms with Gasteiger partial charge in [-0.25, -0.2) is 14.4 Å². The molecular weight excluding hydrogens is 373 g/mol. The largest absolute Gasteiger partial charge is 0.402 e. The lowest BCUT2D eigenvalue weighted by Crippen LogP contribution is -2.34. The fourth-order valence-electron chi connectivity index (χ4n) is 2.16. The molecule has 0 radical (unpaired) electrons. The summed E-state index contributed by atoms with van der Waals surface area (Å²) in [5, 5.41) is 17.0. The van der Waals surface area contributed by atoms with Crippen molar-refractivity contribution in [3.8, 4) is 0 Å². The summed E-state index contributed by atoms with van der Waals surface area (Å²) < 4.78 is 42.2. The van der Waals surface area contributed by atoms with E-state index in [2.05, 4.69) is 15.0 Å². The second kappa shape index (κ2) is 8.53. The van der Waals surface area contributed by atoms with Gasteiger partial charge in [0, 0.05) is 23.5 Å². The van der Waals surface area contributed by atoms with E-state index in [1.165, 1.54) is 25.3 Å². The number of hydrogen-bond acceptors (Lipinski definition) is 3. The first kappa shape index (κ1) is 20.9. The van der Waals surface area contributed by atoms with Crippen LogP contribution in [0.1, 0.15) is 23.7 Å². The molecule has 2 rings (SSSR count). The van der Waals surface area contributed by atoms with Gasteiger partial charge in [-0.15, -0.1) is 0 Å². The number of nitrogens with two attached hydrogens (primary N) is 2. The Morgan fingerprint density at radius 3 is 2.43 bits per heavy atom. The Bertz CT molecular complexity index is 940. The number of aliphatic hydroxyl groups excluding tert-OH is 1. The minimum atomic E-state index is -3.71. The topological polar surface area (TPSA) is 137 Å². The maximum absolute atomic E-state index is 14.6. The third-order valence-corrected chi connectivity index (χ3v) is 3.51. The van der Waals surface area contributed by atoms with E-state index in [0.29, 0.717) is 5.56 Å². The molecule has 1 aromatic heterocycles. The van der Waals surface area contributed by atoms with Crippen molar-refractivity contribution in [3.63, 3.8) is 0 Å². The monoisotopic (exact) mass is 392 g/mol. The van der Waals surface area contributed by atoms with Crippen molar-refractivity contribution in [1.29, 1.82) is 5.41 Å². The van der Waals surface area contributed by atoms with Gasteiger partial charge in [0.2, 0.25) is 0 Å². The number of alkyl halides is 2. The maximum Gasteiger partial charge on any atom is 0.329 e. The van der Waals surface area contributed by atoms with Crippen LogP contribution in [0.3, 0.4) is 0 Å². The van der Waals surface area contributed by atoms with E-state index in [9.17, 15) is 18.3 Å². The van der Waals surface area contributed by atoms with Crippen LogP contribution >= 0.6 is 0 Å². The summed E-state index contributed by atoms with van der Waals surface area (Å²) in [6.07, 6.45) is 2.64. The van der Waals surface area contributed by atoms with Crippen molar-refractivity contribution in [1.82, 2.24) is 4.98 Å². The second-order valence-corrected chi connectivity index (χ2v) is 5.87. The molecule has 0 spiro atoms. The summed E-state index contributed by atoms with van der Waals surface area (Å²) in [6.45, 7) is 1.23. The zero-order valence-corrected chi connectivity index (χ0v) is 14.9. The van der Waals surface area contributed by atoms with E-state index in [1.54, 1.807) is 0 Å². The SMILES string of the molecule is C/C(N)=C/C(=N)N=C(N=C(N)C(F)(F)c1ccc(F)cc1)c1cc(CO)c[nH]1. The predicted molar refractivity (Wildman–Crippen MR) is 101 cm³/mol. The smallest absolute Gasteiger partial charge is 0.329 e. The van der Waals surface area contributed by atoms with Crippen LogP contribution in [-0.2, 0) is 12.5 Å². The fraction of sp³-hybridized carbons (Fsp3) is 0.167. The summed E-state index contributed by atoms with van der Waals surface area (Å²) >= 11 is 0. The molecule has 0 amide bonds. The van der Waals surface area contributed by atoms with Crippen LogP contribution in [0.5, 0.6) is 0 Å². The number of amidine groups is 3. The minimum absolute atomic E-state index is 0.162. The van der Waals surface area contributed by atoms with Crippen molar-refractivity contribution in [2.45, 2.75) is 19.5 Å². The summed E-state index contributed by atoms with van der Waals surface area (Å²) in [4.78, 5) is 10.3. The van der Waals surface area contributed by atoms with Crippen LogP contribution in [0.2, 0.25) is 0 Å². The summed E-state index contributed by atoms with van der Waals surface area (Å²) in [5.41, 5.74) is 11.4. The lowest BCUT2D eigenvalue weighted by atomic mass is 10.1. The molecule has 1 heterocycles. The van der Waals surface area contributed by atoms with E-state index in [-0.39, 0.29) is 29.7 Å². The summed E-state index contributed by atoms with van der Waals surface area (Å²) in [7, 11) is 0. The molecule has 0 aliphatic carbocycles. The molecule has 0 bridgehead atoms. The molecule has 7 nitrogen and oxygen atoms in total. The van der Waals surface area contributed by atoms with Crippen LogP contribution in [0, 0.1) is 11.2 Å². The highest BCUT2D eigenvalue weighted by molar-refractivity contribution is 6.12. The standard InChI is InChI=1S/C18H19F3N6O/c1-10(22)6-15(23)26-16(14-7-11(9-28)8-25-14)27-17(24)18(20,21)12-2-4-13(19)5-3-12/h2-8,25,28H,9,22H2,1H3,(H3,23,24,26,27)/b10-6-. The number of allylic oxidation sites excluding steroid dienone is 1. The summed E-state index contributed by atoms with van der Waals surface area (Å²) in [6, 6.07) is 4.99. The number of nitrogens with one attached hydrogen (secondary N) is 2. The lowest BCUT2D eigenvalue weighted by Gasteiger charge is -2.16. The van der Waals surface area contributed by atoms with Gasteiger partial charge in [-0.2, -0.15) is 8.78 Å². The van der Waals surface area contributed by atoms with Gasteiger partial charge in [0.15, 0.2) is 11.7 Å². The molecular formula is C18H19F3N6O. The van der Waals surface area contributed by atoms with Gasteiger partial charge in [0.25, 0.3) is 0 Å². The normalized spacial score (nSPS) is 13.7. The van der Waals surface area contributed by atoms with E-state index in [1.807, 2.05) is 0 Å². The Morgan fingerprint density at radius 1 is 1.25 bits per heavy atom. The number of aromatic nitrogens is 1. The van der Waals surface area contributed by atoms with Crippen molar-refractivity contribution in [3.05, 3.63) is 70.9 Å². The first-order chi connectivity index (χ1) is 13.1. The van der Waals surface area contributed by atoms with Gasteiger partial charge in [0.05, 0.1) is 12.3 Å². The third-order valence-electron chi connectivity index (χ3n) is 3.51. The molecule has 0 saturated carbocycles. The van der Waals surface area contributed by atoms with Gasteiger partial charge >= 0.3 is 5.92 Å². The number of halogens is 3. The molecule has 1 aromatic carbocycles. The summed E-state index contributed by atoms with van der Waals surface area (Å²) in [5.74, 6) is -6.11. The van der Waals surface area contributed by atoms with Crippen molar-refractivity contribution >= 4 is 17.5 Å². The Labute approximate surface area is 158 Å². The van der Waals surface area contributed by atoms with E-state index >= 15 is 0 Å². The van der Waals surface area contributed by atoms with Gasteiger partial charge in [-0.1, -0.05) is 0 Å². The third kappa shape index (κ3) is 5.07. The van der Waals surface area contributed by atoms with E-state index in [0.717, 1.165) is 24.3 Å². The molecule has 2 aromatic rings. The Balaban J connectivity index is 2.49. The van der Waals surface area contributed by atoms with Crippen LogP contribution in [0.4, 0.5) is 13.2 Å². The fourth-order valence-corrected chi connectivity index (χ4v) is 2.16. The maximum atomic E-state index is 14.6. The Morgan fingerprint density at radius 2 is 1.89 bits per heavy atom. The molecule has 0 saturated heterocycles. The number of aliphatic imine (C=N–C) groups is 2. The van der Waals surface area contributed by atoms with Gasteiger partial charge in [-0.3, -0.25) is 5.41 Å². The zero-order valence-electron chi connectivity index (χ0n) is 14.9. The van der Waals surface area contributed by atoms with Crippen LogP contribution in [-0.4, -0.2) is 27.6 Å². The molecule has 7 N–H and O–H groups in total. The first-order valence-corrected chi connectivity index (χ1v) is 8.01. The first-order valence-electron chi connectivity index (χ1n) is 8.01. The molecule has 0 aliphatic heterocycles. The van der Waals surface area contributed by atoms with E-state index < -0.39 is 23.1 Å². The number of benzene rings is 1. The number of nitrogens with zero attached hydrogens (tertiary/aromatic N) is 2. The van der Waals surface area contributed by atoms with Crippen LogP contribution < -0.4 is 11.5 Å². The van der Waals surface area contributed by atoms with Gasteiger partial charge in [-0.05, 0) is 42.8 Å². The van der Waals surface area contributed by atoms with Crippen LogP contribution in [0.25, 0.3) is 0 Å². The Hall–Kier alpha value is -3.40. The zero-order chi connectivity index (χ0) is 20.9. The second-order valence-electron chi connectivity index (χ2n) is 5.87. The predicted octanol–water partition coefficient (Wildman–Crippen LogP) is 2.38. The highest BCUT2D eigenvalue weighted by atomic mass is 19.3. The molecule has 28 heavy (non-hydrogen) atoms. The van der Waals surface area contributed by atoms with Crippen molar-refractivity contribution in [2.75, 3.05) is 0 Å². The molecule has 0 unspecified atom stereocenters. The average molecular weight is 392 g/mol. The minimum Gasteiger partial charge on any atom is -0.402 e. The van der Waals surface area contributed by atoms with Crippen LogP contribution in [0.15, 0.2) is 58.3 Å². The number of rotatable bonds is 5. The molecule has 0 aliphatic rings. The van der Waals surface area contributed by atoms with Crippen molar-refractivity contribution in [2.24, 2.45) is 21.5 Å². The molecule has 0 atom stereocenters. The quantitative estimate of drug-likeness (QED) is 0.395. The number of H-pyrrole nitrogens is 1. The number of hydrogen-bond donors (Lipinski definition) is 5. The molecule has 10 heteroatoms. The van der Waals surface area contributed by atoms with Gasteiger partial charge < -0.3 is 21.6 Å². The van der Waals surface area contributed by atoms with Gasteiger partial charge in [0.1, 0.15) is 11.7 Å². The number of aliphatic hydroxyl groups is 1. The number of aromatic amines is 1. The van der Waals surface area contributed by atoms with Crippen molar-refractivity contribution < 1.29 is 18.3 Å². The highest BCUT2D eigenvalue weighted by Crippen LogP contribution is 2.28.